The molecule has 1 heterocycles. The molecule has 4 rings (SSSR count). The summed E-state index contributed by atoms with van der Waals surface area (Å²) in [6.45, 7) is 5.78. The molecule has 1 N–H and O–H groups in total. The summed E-state index contributed by atoms with van der Waals surface area (Å²) < 4.78 is 6.17. The number of carbonyl (C=O) groups is 2. The highest BCUT2D eigenvalue weighted by Gasteiger charge is 2.47. The molecule has 1 amide bonds. The summed E-state index contributed by atoms with van der Waals surface area (Å²) in [7, 11) is 1.58. The number of amides is 1. The maximum Gasteiger partial charge on any atom is 0.300 e. The lowest BCUT2D eigenvalue weighted by molar-refractivity contribution is -0.132. The highest BCUT2D eigenvalue weighted by atomic mass is 79.9. The van der Waals surface area contributed by atoms with Crippen LogP contribution in [0.3, 0.4) is 0 Å². The fourth-order valence-corrected chi connectivity index (χ4v) is 4.37. The predicted molar refractivity (Wildman–Crippen MR) is 133 cm³/mol. The third-order valence-electron chi connectivity index (χ3n) is 6.14. The Bertz CT molecular complexity index is 1290. The molecule has 6 heteroatoms. The Kier molecular flexibility index (Phi) is 6.13. The van der Waals surface area contributed by atoms with Crippen molar-refractivity contribution >= 4 is 39.1 Å². The largest absolute Gasteiger partial charge is 0.507 e. The minimum absolute atomic E-state index is 0.0628. The van der Waals surface area contributed by atoms with E-state index in [1.54, 1.807) is 31.4 Å². The monoisotopic (exact) mass is 505 g/mol. The molecule has 1 unspecified atom stereocenters. The third-order valence-corrected chi connectivity index (χ3v) is 7.03. The number of Topliss-reactive ketones (excluding diaryl/α,β-unsaturated/α-hetero) is 1. The van der Waals surface area contributed by atoms with E-state index in [1.165, 1.54) is 4.90 Å². The molecule has 1 fully saturated rings. The topological polar surface area (TPSA) is 66.8 Å². The van der Waals surface area contributed by atoms with E-state index in [-0.39, 0.29) is 11.3 Å². The van der Waals surface area contributed by atoms with Gasteiger partial charge in [-0.1, -0.05) is 46.3 Å². The van der Waals surface area contributed by atoms with Crippen molar-refractivity contribution in [3.05, 3.63) is 98.5 Å². The third kappa shape index (κ3) is 3.95. The van der Waals surface area contributed by atoms with E-state index in [2.05, 4.69) is 15.9 Å². The number of ketones is 1. The SMILES string of the molecule is COc1ccc(C2/C(=C(\O)c3ccc(Br)c(C)c3)C(=O)C(=O)N2c2cccc(C)c2C)cc1. The first-order chi connectivity index (χ1) is 15.7. The average Bonchev–Trinajstić information content (AvgIpc) is 3.07. The molecule has 1 aliphatic heterocycles. The molecule has 0 aromatic heterocycles. The predicted octanol–water partition coefficient (Wildman–Crippen LogP) is 6.01. The summed E-state index contributed by atoms with van der Waals surface area (Å²) in [5.74, 6) is -0.918. The van der Waals surface area contributed by atoms with Gasteiger partial charge >= 0.3 is 0 Å². The molecule has 3 aromatic rings. The van der Waals surface area contributed by atoms with Crippen molar-refractivity contribution < 1.29 is 19.4 Å². The van der Waals surface area contributed by atoms with Crippen molar-refractivity contribution in [2.24, 2.45) is 0 Å². The van der Waals surface area contributed by atoms with E-state index in [4.69, 9.17) is 4.74 Å². The van der Waals surface area contributed by atoms with Gasteiger partial charge in [-0.05, 0) is 73.4 Å². The van der Waals surface area contributed by atoms with Crippen LogP contribution in [0.1, 0.15) is 33.9 Å². The molecular formula is C27H24BrNO4. The van der Waals surface area contributed by atoms with Gasteiger partial charge in [-0.15, -0.1) is 0 Å². The number of halogens is 1. The summed E-state index contributed by atoms with van der Waals surface area (Å²) in [5, 5.41) is 11.3. The first-order valence-corrected chi connectivity index (χ1v) is 11.3. The number of aliphatic hydroxyl groups is 1. The number of hydrogen-bond acceptors (Lipinski definition) is 4. The van der Waals surface area contributed by atoms with Gasteiger partial charge in [0.05, 0.1) is 18.7 Å². The lowest BCUT2D eigenvalue weighted by Gasteiger charge is -2.27. The molecule has 0 aliphatic carbocycles. The number of nitrogens with zero attached hydrogens (tertiary/aromatic N) is 1. The molecule has 0 saturated carbocycles. The quantitative estimate of drug-likeness (QED) is 0.268. The van der Waals surface area contributed by atoms with Gasteiger partial charge in [-0.2, -0.15) is 0 Å². The van der Waals surface area contributed by atoms with Gasteiger partial charge in [0.1, 0.15) is 11.5 Å². The molecule has 0 bridgehead atoms. The van der Waals surface area contributed by atoms with Crippen molar-refractivity contribution in [1.29, 1.82) is 0 Å². The first kappa shape index (κ1) is 22.8. The Morgan fingerprint density at radius 1 is 0.970 bits per heavy atom. The minimum Gasteiger partial charge on any atom is -0.507 e. The molecule has 3 aromatic carbocycles. The van der Waals surface area contributed by atoms with Gasteiger partial charge in [-0.25, -0.2) is 0 Å². The van der Waals surface area contributed by atoms with Gasteiger partial charge in [0.2, 0.25) is 0 Å². The zero-order valence-electron chi connectivity index (χ0n) is 18.8. The number of rotatable bonds is 4. The van der Waals surface area contributed by atoms with Gasteiger partial charge in [0.25, 0.3) is 11.7 Å². The van der Waals surface area contributed by atoms with Gasteiger partial charge in [0.15, 0.2) is 0 Å². The Labute approximate surface area is 201 Å². The summed E-state index contributed by atoms with van der Waals surface area (Å²) >= 11 is 3.46. The van der Waals surface area contributed by atoms with E-state index in [1.807, 2.05) is 57.2 Å². The van der Waals surface area contributed by atoms with E-state index >= 15 is 0 Å². The van der Waals surface area contributed by atoms with Crippen molar-refractivity contribution in [2.75, 3.05) is 12.0 Å². The van der Waals surface area contributed by atoms with E-state index in [0.29, 0.717) is 22.6 Å². The maximum atomic E-state index is 13.3. The zero-order chi connectivity index (χ0) is 23.9. The number of aliphatic hydroxyl groups excluding tert-OH is 1. The van der Waals surface area contributed by atoms with Crippen LogP contribution in [0.5, 0.6) is 5.75 Å². The number of benzene rings is 3. The fourth-order valence-electron chi connectivity index (χ4n) is 4.13. The molecule has 1 saturated heterocycles. The Morgan fingerprint density at radius 3 is 2.30 bits per heavy atom. The second-order valence-electron chi connectivity index (χ2n) is 8.13. The van der Waals surface area contributed by atoms with Crippen LogP contribution in [-0.2, 0) is 9.59 Å². The van der Waals surface area contributed by atoms with Crippen LogP contribution < -0.4 is 9.64 Å². The second-order valence-corrected chi connectivity index (χ2v) is 8.98. The Balaban J connectivity index is 1.98. The number of anilines is 1. The van der Waals surface area contributed by atoms with Gasteiger partial charge in [-0.3, -0.25) is 14.5 Å². The van der Waals surface area contributed by atoms with E-state index in [0.717, 1.165) is 21.2 Å². The van der Waals surface area contributed by atoms with Crippen LogP contribution in [0.2, 0.25) is 0 Å². The van der Waals surface area contributed by atoms with Crippen LogP contribution >= 0.6 is 15.9 Å². The lowest BCUT2D eigenvalue weighted by Crippen LogP contribution is -2.30. The first-order valence-electron chi connectivity index (χ1n) is 10.5. The lowest BCUT2D eigenvalue weighted by atomic mass is 9.94. The fraction of sp³-hybridized carbons (Fsp3) is 0.185. The van der Waals surface area contributed by atoms with Crippen LogP contribution in [0.25, 0.3) is 5.76 Å². The molecule has 0 radical (unpaired) electrons. The summed E-state index contributed by atoms with van der Waals surface area (Å²) in [6.07, 6.45) is 0. The normalized spacial score (nSPS) is 17.5. The van der Waals surface area contributed by atoms with Crippen molar-refractivity contribution in [1.82, 2.24) is 0 Å². The maximum absolute atomic E-state index is 13.3. The Morgan fingerprint density at radius 2 is 1.67 bits per heavy atom. The van der Waals surface area contributed by atoms with Crippen molar-refractivity contribution in [2.45, 2.75) is 26.8 Å². The average molecular weight is 506 g/mol. The van der Waals surface area contributed by atoms with Crippen LogP contribution in [0.4, 0.5) is 5.69 Å². The highest BCUT2D eigenvalue weighted by Crippen LogP contribution is 2.43. The molecule has 1 aliphatic rings. The summed E-state index contributed by atoms with van der Waals surface area (Å²) in [6, 6.07) is 17.4. The molecule has 33 heavy (non-hydrogen) atoms. The second kappa shape index (κ2) is 8.87. The number of methoxy groups -OCH3 is 1. The summed E-state index contributed by atoms with van der Waals surface area (Å²) in [5.41, 5.74) is 4.70. The van der Waals surface area contributed by atoms with Crippen LogP contribution in [0.15, 0.2) is 70.7 Å². The number of hydrogen-bond donors (Lipinski definition) is 1. The standard InChI is InChI=1S/C27H24BrNO4/c1-15-6-5-7-22(17(15)3)29-24(18-8-11-20(33-4)12-9-18)23(26(31)27(29)32)25(30)19-10-13-21(28)16(2)14-19/h5-14,24,30H,1-4H3/b25-23+. The van der Waals surface area contributed by atoms with Crippen LogP contribution in [0, 0.1) is 20.8 Å². The molecule has 0 spiro atoms. The number of carbonyl (C=O) groups excluding carboxylic acids is 2. The zero-order valence-corrected chi connectivity index (χ0v) is 20.4. The molecular weight excluding hydrogens is 482 g/mol. The Hall–Kier alpha value is -3.38. The molecule has 5 nitrogen and oxygen atoms in total. The van der Waals surface area contributed by atoms with Gasteiger partial charge in [0, 0.05) is 15.7 Å². The van der Waals surface area contributed by atoms with E-state index < -0.39 is 17.7 Å². The van der Waals surface area contributed by atoms with Crippen molar-refractivity contribution in [3.63, 3.8) is 0 Å². The van der Waals surface area contributed by atoms with E-state index in [9.17, 15) is 14.7 Å². The molecule has 1 atom stereocenters. The van der Waals surface area contributed by atoms with Crippen LogP contribution in [-0.4, -0.2) is 23.9 Å². The van der Waals surface area contributed by atoms with Gasteiger partial charge < -0.3 is 9.84 Å². The minimum atomic E-state index is -0.777. The molecule has 168 valence electrons. The highest BCUT2D eigenvalue weighted by molar-refractivity contribution is 9.10. The summed E-state index contributed by atoms with van der Waals surface area (Å²) in [4.78, 5) is 28.1. The number of aryl methyl sites for hydroxylation is 2. The number of ether oxygens (including phenoxy) is 1. The van der Waals surface area contributed by atoms with Crippen molar-refractivity contribution in [3.8, 4) is 5.75 Å². The smallest absolute Gasteiger partial charge is 0.300 e.